The molecule has 1 heterocycles. The summed E-state index contributed by atoms with van der Waals surface area (Å²) in [6, 6.07) is 4.17. The summed E-state index contributed by atoms with van der Waals surface area (Å²) in [6.07, 6.45) is 3.18. The summed E-state index contributed by atoms with van der Waals surface area (Å²) < 4.78 is 13.9. The van der Waals surface area contributed by atoms with Gasteiger partial charge in [-0.1, -0.05) is 29.8 Å². The van der Waals surface area contributed by atoms with Crippen LogP contribution in [0.2, 0.25) is 0 Å². The Morgan fingerprint density at radius 3 is 2.42 bits per heavy atom. The number of amides is 2. The number of carbonyl (C=O) groups excluding carboxylic acids is 2. The molecule has 1 aromatic carbocycles. The Balaban J connectivity index is 1.88. The van der Waals surface area contributed by atoms with Crippen molar-refractivity contribution in [1.29, 1.82) is 0 Å². The van der Waals surface area contributed by atoms with E-state index in [0.29, 0.717) is 23.1 Å². The second-order valence-corrected chi connectivity index (χ2v) is 7.16. The highest BCUT2D eigenvalue weighted by molar-refractivity contribution is 9.10. The molecule has 6 heteroatoms. The van der Waals surface area contributed by atoms with Crippen LogP contribution in [0.5, 0.6) is 0 Å². The van der Waals surface area contributed by atoms with Gasteiger partial charge in [-0.05, 0) is 43.9 Å². The topological polar surface area (TPSA) is 49.4 Å². The van der Waals surface area contributed by atoms with Gasteiger partial charge in [-0.15, -0.1) is 0 Å². The molecule has 1 aromatic rings. The molecule has 1 aliphatic rings. The van der Waals surface area contributed by atoms with Crippen LogP contribution in [-0.4, -0.2) is 35.8 Å². The predicted molar refractivity (Wildman–Crippen MR) is 95.2 cm³/mol. The SMILES string of the molecule is CCC(CC)C(=O)N1CCC(NC(=O)c2cc(F)cc(Br)c2)CC1. The summed E-state index contributed by atoms with van der Waals surface area (Å²) in [5.41, 5.74) is 0.303. The molecule has 4 nitrogen and oxygen atoms in total. The highest BCUT2D eigenvalue weighted by Crippen LogP contribution is 2.19. The molecule has 1 N–H and O–H groups in total. The fourth-order valence-corrected chi connectivity index (χ4v) is 3.56. The maximum atomic E-state index is 13.4. The molecule has 0 spiro atoms. The van der Waals surface area contributed by atoms with Crippen molar-refractivity contribution in [2.45, 2.75) is 45.6 Å². The van der Waals surface area contributed by atoms with Crippen LogP contribution in [0.25, 0.3) is 0 Å². The molecule has 0 saturated carbocycles. The lowest BCUT2D eigenvalue weighted by Gasteiger charge is -2.34. The molecule has 2 rings (SSSR count). The van der Waals surface area contributed by atoms with Crippen molar-refractivity contribution in [3.05, 3.63) is 34.1 Å². The van der Waals surface area contributed by atoms with E-state index in [9.17, 15) is 14.0 Å². The Hall–Kier alpha value is -1.43. The molecule has 0 atom stereocenters. The first-order chi connectivity index (χ1) is 11.4. The summed E-state index contributed by atoms with van der Waals surface area (Å²) >= 11 is 3.19. The Labute approximate surface area is 150 Å². The van der Waals surface area contributed by atoms with Crippen LogP contribution in [-0.2, 0) is 4.79 Å². The van der Waals surface area contributed by atoms with Gasteiger partial charge in [-0.2, -0.15) is 0 Å². The monoisotopic (exact) mass is 398 g/mol. The first kappa shape index (κ1) is 18.9. The predicted octanol–water partition coefficient (Wildman–Crippen LogP) is 3.75. The molecule has 0 aliphatic carbocycles. The minimum absolute atomic E-state index is 0.0188. The highest BCUT2D eigenvalue weighted by Gasteiger charge is 2.27. The van der Waals surface area contributed by atoms with E-state index in [4.69, 9.17) is 0 Å². The zero-order valence-electron chi connectivity index (χ0n) is 14.1. The normalized spacial score (nSPS) is 15.6. The summed E-state index contributed by atoms with van der Waals surface area (Å²) in [4.78, 5) is 26.5. The smallest absolute Gasteiger partial charge is 0.251 e. The van der Waals surface area contributed by atoms with Crippen LogP contribution in [0, 0.1) is 11.7 Å². The van der Waals surface area contributed by atoms with Crippen LogP contribution in [0.1, 0.15) is 49.9 Å². The first-order valence-electron chi connectivity index (χ1n) is 8.50. The molecule has 24 heavy (non-hydrogen) atoms. The third-order valence-corrected chi connectivity index (χ3v) is 5.06. The quantitative estimate of drug-likeness (QED) is 0.820. The maximum Gasteiger partial charge on any atom is 0.251 e. The van der Waals surface area contributed by atoms with Crippen molar-refractivity contribution in [3.63, 3.8) is 0 Å². The van der Waals surface area contributed by atoms with Crippen LogP contribution < -0.4 is 5.32 Å². The largest absolute Gasteiger partial charge is 0.349 e. The van der Waals surface area contributed by atoms with Crippen molar-refractivity contribution >= 4 is 27.7 Å². The lowest BCUT2D eigenvalue weighted by molar-refractivity contribution is -0.136. The lowest BCUT2D eigenvalue weighted by atomic mass is 9.98. The summed E-state index contributed by atoms with van der Waals surface area (Å²) in [5.74, 6) is -0.403. The van der Waals surface area contributed by atoms with E-state index in [-0.39, 0.29) is 23.8 Å². The van der Waals surface area contributed by atoms with E-state index in [0.717, 1.165) is 25.7 Å². The molecular weight excluding hydrogens is 375 g/mol. The van der Waals surface area contributed by atoms with Gasteiger partial charge in [0, 0.05) is 35.1 Å². The zero-order chi connectivity index (χ0) is 17.7. The van der Waals surface area contributed by atoms with Crippen LogP contribution in [0.4, 0.5) is 4.39 Å². The average molecular weight is 399 g/mol. The van der Waals surface area contributed by atoms with Crippen molar-refractivity contribution in [2.75, 3.05) is 13.1 Å². The van der Waals surface area contributed by atoms with Crippen molar-refractivity contribution in [1.82, 2.24) is 10.2 Å². The number of benzene rings is 1. The zero-order valence-corrected chi connectivity index (χ0v) is 15.7. The van der Waals surface area contributed by atoms with Gasteiger partial charge >= 0.3 is 0 Å². The Morgan fingerprint density at radius 1 is 1.25 bits per heavy atom. The number of carbonyl (C=O) groups is 2. The Morgan fingerprint density at radius 2 is 1.88 bits per heavy atom. The van der Waals surface area contributed by atoms with Crippen molar-refractivity contribution in [3.8, 4) is 0 Å². The van der Waals surface area contributed by atoms with Crippen LogP contribution in [0.15, 0.2) is 22.7 Å². The lowest BCUT2D eigenvalue weighted by Crippen LogP contribution is -2.48. The molecule has 0 radical (unpaired) electrons. The fraction of sp³-hybridized carbons (Fsp3) is 0.556. The van der Waals surface area contributed by atoms with Gasteiger partial charge in [0.05, 0.1) is 0 Å². The van der Waals surface area contributed by atoms with E-state index in [1.54, 1.807) is 6.07 Å². The van der Waals surface area contributed by atoms with E-state index in [2.05, 4.69) is 21.2 Å². The van der Waals surface area contributed by atoms with E-state index < -0.39 is 5.82 Å². The molecule has 2 amide bonds. The second kappa shape index (κ2) is 8.60. The number of hydrogen-bond donors (Lipinski definition) is 1. The highest BCUT2D eigenvalue weighted by atomic mass is 79.9. The van der Waals surface area contributed by atoms with Gasteiger partial charge in [0.2, 0.25) is 5.91 Å². The third kappa shape index (κ3) is 4.79. The number of nitrogens with one attached hydrogen (secondary N) is 1. The maximum absolute atomic E-state index is 13.4. The van der Waals surface area contributed by atoms with Gasteiger partial charge in [0.15, 0.2) is 0 Å². The molecule has 0 bridgehead atoms. The summed E-state index contributed by atoms with van der Waals surface area (Å²) in [6.45, 7) is 5.40. The molecular formula is C18H24BrFN2O2. The minimum atomic E-state index is -0.444. The van der Waals surface area contributed by atoms with E-state index >= 15 is 0 Å². The number of halogens is 2. The molecule has 1 aliphatic heterocycles. The number of hydrogen-bond acceptors (Lipinski definition) is 2. The number of piperidine rings is 1. The Bertz CT molecular complexity index is 576. The Kier molecular flexibility index (Phi) is 6.78. The molecule has 0 aromatic heterocycles. The van der Waals surface area contributed by atoms with Crippen LogP contribution >= 0.6 is 15.9 Å². The van der Waals surface area contributed by atoms with E-state index in [1.807, 2.05) is 18.7 Å². The van der Waals surface area contributed by atoms with Gasteiger partial charge in [-0.25, -0.2) is 4.39 Å². The van der Waals surface area contributed by atoms with E-state index in [1.165, 1.54) is 12.1 Å². The summed E-state index contributed by atoms with van der Waals surface area (Å²) in [5, 5.41) is 2.94. The number of nitrogens with zero attached hydrogens (tertiary/aromatic N) is 1. The van der Waals surface area contributed by atoms with Gasteiger partial charge in [0.25, 0.3) is 5.91 Å². The fourth-order valence-electron chi connectivity index (χ4n) is 3.09. The standard InChI is InChI=1S/C18H24BrFN2O2/c1-3-12(4-2)18(24)22-7-5-16(6-8-22)21-17(23)13-9-14(19)11-15(20)10-13/h9-12,16H,3-8H2,1-2H3,(H,21,23). The number of likely N-dealkylation sites (tertiary alicyclic amines) is 1. The molecule has 1 saturated heterocycles. The average Bonchev–Trinajstić information content (AvgIpc) is 2.55. The first-order valence-corrected chi connectivity index (χ1v) is 9.29. The summed E-state index contributed by atoms with van der Waals surface area (Å²) in [7, 11) is 0. The van der Waals surface area contributed by atoms with Gasteiger partial charge < -0.3 is 10.2 Å². The van der Waals surface area contributed by atoms with Crippen molar-refractivity contribution in [2.24, 2.45) is 5.92 Å². The minimum Gasteiger partial charge on any atom is -0.349 e. The molecule has 132 valence electrons. The second-order valence-electron chi connectivity index (χ2n) is 6.24. The molecule has 1 fully saturated rings. The molecule has 0 unspecified atom stereocenters. The number of rotatable bonds is 5. The van der Waals surface area contributed by atoms with Crippen LogP contribution in [0.3, 0.4) is 0 Å². The third-order valence-electron chi connectivity index (χ3n) is 4.60. The van der Waals surface area contributed by atoms with Gasteiger partial charge in [-0.3, -0.25) is 9.59 Å². The van der Waals surface area contributed by atoms with Gasteiger partial charge in [0.1, 0.15) is 5.82 Å². The van der Waals surface area contributed by atoms with Crippen molar-refractivity contribution < 1.29 is 14.0 Å².